The second-order valence-electron chi connectivity index (χ2n) is 4.46. The standard InChI is InChI=1S/C10H18BO/c1-7(2)10(8(3)4)5-6-11-9(10)12/h7-8H,5-6H2,1-4H3. The third-order valence-corrected chi connectivity index (χ3v) is 3.41. The molecule has 1 nitrogen and oxygen atoms in total. The quantitative estimate of drug-likeness (QED) is 0.574. The second-order valence-corrected chi connectivity index (χ2v) is 4.46. The number of hydrogen-bond acceptors (Lipinski definition) is 1. The average molecular weight is 165 g/mol. The van der Waals surface area contributed by atoms with Gasteiger partial charge in [-0.3, -0.25) is 0 Å². The minimum atomic E-state index is -0.0417. The number of carbonyl (C=O) groups is 1. The molecule has 1 saturated heterocycles. The topological polar surface area (TPSA) is 17.1 Å². The summed E-state index contributed by atoms with van der Waals surface area (Å²) >= 11 is 0. The van der Waals surface area contributed by atoms with Gasteiger partial charge in [-0.2, -0.15) is 0 Å². The summed E-state index contributed by atoms with van der Waals surface area (Å²) < 4.78 is 0. The lowest BCUT2D eigenvalue weighted by atomic mass is 9.61. The molecule has 1 heterocycles. The molecule has 67 valence electrons. The highest BCUT2D eigenvalue weighted by Crippen LogP contribution is 2.44. The van der Waals surface area contributed by atoms with Gasteiger partial charge in [0, 0.05) is 5.41 Å². The number of hydrogen-bond donors (Lipinski definition) is 0. The van der Waals surface area contributed by atoms with Crippen LogP contribution in [0, 0.1) is 17.3 Å². The van der Waals surface area contributed by atoms with Gasteiger partial charge < -0.3 is 4.79 Å². The molecule has 1 aliphatic rings. The first-order valence-corrected chi connectivity index (χ1v) is 4.89. The highest BCUT2D eigenvalue weighted by Gasteiger charge is 2.46. The van der Waals surface area contributed by atoms with E-state index >= 15 is 0 Å². The van der Waals surface area contributed by atoms with Crippen molar-refractivity contribution in [1.82, 2.24) is 0 Å². The predicted molar refractivity (Wildman–Crippen MR) is 52.3 cm³/mol. The summed E-state index contributed by atoms with van der Waals surface area (Å²) in [6.07, 6.45) is 2.04. The van der Waals surface area contributed by atoms with Gasteiger partial charge in [0.2, 0.25) is 7.28 Å². The Balaban J connectivity index is 2.93. The molecule has 0 aromatic carbocycles. The molecule has 1 radical (unpaired) electrons. The summed E-state index contributed by atoms with van der Waals surface area (Å²) in [6, 6.07) is 0. The van der Waals surface area contributed by atoms with Crippen LogP contribution in [-0.2, 0) is 4.79 Å². The van der Waals surface area contributed by atoms with Crippen LogP contribution in [0.3, 0.4) is 0 Å². The third kappa shape index (κ3) is 1.21. The van der Waals surface area contributed by atoms with E-state index < -0.39 is 0 Å². The number of carbonyl (C=O) groups excluding carboxylic acids is 1. The Morgan fingerprint density at radius 2 is 1.75 bits per heavy atom. The van der Waals surface area contributed by atoms with Crippen LogP contribution in [0.1, 0.15) is 34.1 Å². The highest BCUT2D eigenvalue weighted by molar-refractivity contribution is 6.76. The molecular weight excluding hydrogens is 147 g/mol. The molecule has 2 heteroatoms. The summed E-state index contributed by atoms with van der Waals surface area (Å²) in [7, 11) is 1.88. The van der Waals surface area contributed by atoms with E-state index in [1.807, 2.05) is 7.28 Å². The van der Waals surface area contributed by atoms with Crippen LogP contribution in [-0.4, -0.2) is 13.0 Å². The maximum absolute atomic E-state index is 11.7. The lowest BCUT2D eigenvalue weighted by Gasteiger charge is -2.36. The summed E-state index contributed by atoms with van der Waals surface area (Å²) in [6.45, 7) is 8.65. The molecule has 0 N–H and O–H groups in total. The maximum Gasteiger partial charge on any atom is 0.203 e. The largest absolute Gasteiger partial charge is 0.311 e. The molecule has 0 amide bonds. The van der Waals surface area contributed by atoms with Crippen LogP contribution < -0.4 is 0 Å². The zero-order valence-electron chi connectivity index (χ0n) is 8.55. The molecule has 0 saturated carbocycles. The van der Waals surface area contributed by atoms with Gasteiger partial charge in [-0.15, -0.1) is 0 Å². The van der Waals surface area contributed by atoms with Gasteiger partial charge in [0.25, 0.3) is 0 Å². The first-order chi connectivity index (χ1) is 5.51. The molecule has 0 aliphatic carbocycles. The van der Waals surface area contributed by atoms with E-state index in [9.17, 15) is 4.79 Å². The van der Waals surface area contributed by atoms with Crippen LogP contribution >= 0.6 is 0 Å². The van der Waals surface area contributed by atoms with E-state index in [-0.39, 0.29) is 5.41 Å². The zero-order chi connectivity index (χ0) is 9.35. The van der Waals surface area contributed by atoms with Gasteiger partial charge in [-0.1, -0.05) is 34.0 Å². The van der Waals surface area contributed by atoms with Gasteiger partial charge in [0.1, 0.15) is 0 Å². The maximum atomic E-state index is 11.7. The molecule has 0 aromatic rings. The van der Waals surface area contributed by atoms with Gasteiger partial charge in [0.05, 0.1) is 5.68 Å². The molecule has 12 heavy (non-hydrogen) atoms. The fourth-order valence-corrected chi connectivity index (χ4v) is 2.57. The van der Waals surface area contributed by atoms with E-state index in [0.717, 1.165) is 12.7 Å². The Kier molecular flexibility index (Phi) is 2.65. The molecule has 0 aromatic heterocycles. The van der Waals surface area contributed by atoms with Crippen LogP contribution in [0.25, 0.3) is 0 Å². The Morgan fingerprint density at radius 3 is 1.92 bits per heavy atom. The number of rotatable bonds is 2. The van der Waals surface area contributed by atoms with Crippen LogP contribution in [0.2, 0.25) is 6.32 Å². The molecule has 0 unspecified atom stereocenters. The minimum Gasteiger partial charge on any atom is -0.311 e. The molecule has 0 atom stereocenters. The summed E-state index contributed by atoms with van der Waals surface area (Å²) in [5, 5.41) is 0. The molecule has 1 rings (SSSR count). The summed E-state index contributed by atoms with van der Waals surface area (Å²) in [5.41, 5.74) is 0.340. The van der Waals surface area contributed by atoms with Gasteiger partial charge in [-0.25, -0.2) is 0 Å². The molecular formula is C10H18BO. The van der Waals surface area contributed by atoms with Crippen molar-refractivity contribution in [2.75, 3.05) is 0 Å². The monoisotopic (exact) mass is 165 g/mol. The van der Waals surface area contributed by atoms with Crippen molar-refractivity contribution in [3.8, 4) is 0 Å². The van der Waals surface area contributed by atoms with Crippen LogP contribution in [0.15, 0.2) is 0 Å². The van der Waals surface area contributed by atoms with E-state index in [0.29, 0.717) is 17.5 Å². The van der Waals surface area contributed by atoms with Gasteiger partial charge in [0.15, 0.2) is 0 Å². The first-order valence-electron chi connectivity index (χ1n) is 4.89. The van der Waals surface area contributed by atoms with E-state index in [1.54, 1.807) is 0 Å². The molecule has 0 spiro atoms. The SMILES string of the molecule is CC(C)C1(C(C)C)CC[B]C1=O. The second kappa shape index (κ2) is 3.23. The van der Waals surface area contributed by atoms with Crippen LogP contribution in [0.4, 0.5) is 0 Å². The van der Waals surface area contributed by atoms with E-state index in [4.69, 9.17) is 0 Å². The van der Waals surface area contributed by atoms with Crippen molar-refractivity contribution >= 4 is 13.0 Å². The van der Waals surface area contributed by atoms with Gasteiger partial charge in [-0.05, 0) is 18.3 Å². The lowest BCUT2D eigenvalue weighted by molar-refractivity contribution is -0.125. The summed E-state index contributed by atoms with van der Waals surface area (Å²) in [5.74, 6) is 0.951. The third-order valence-electron chi connectivity index (χ3n) is 3.41. The van der Waals surface area contributed by atoms with Crippen molar-refractivity contribution in [2.45, 2.75) is 40.4 Å². The zero-order valence-corrected chi connectivity index (χ0v) is 8.55. The van der Waals surface area contributed by atoms with E-state index in [2.05, 4.69) is 27.7 Å². The van der Waals surface area contributed by atoms with Crippen LogP contribution in [0.5, 0.6) is 0 Å². The Hall–Kier alpha value is -0.265. The smallest absolute Gasteiger partial charge is 0.203 e. The Morgan fingerprint density at radius 1 is 1.25 bits per heavy atom. The normalized spacial score (nSPS) is 22.0. The Bertz CT molecular complexity index is 176. The lowest BCUT2D eigenvalue weighted by Crippen LogP contribution is -2.38. The van der Waals surface area contributed by atoms with Crippen molar-refractivity contribution in [2.24, 2.45) is 17.3 Å². The van der Waals surface area contributed by atoms with E-state index in [1.165, 1.54) is 0 Å². The minimum absolute atomic E-state index is 0.0417. The fourth-order valence-electron chi connectivity index (χ4n) is 2.57. The van der Waals surface area contributed by atoms with Crippen molar-refractivity contribution in [1.29, 1.82) is 0 Å². The first kappa shape index (κ1) is 9.82. The molecule has 1 fully saturated rings. The van der Waals surface area contributed by atoms with Crippen molar-refractivity contribution in [3.63, 3.8) is 0 Å². The summed E-state index contributed by atoms with van der Waals surface area (Å²) in [4.78, 5) is 11.7. The average Bonchev–Trinajstić information content (AvgIpc) is 2.31. The van der Waals surface area contributed by atoms with Crippen molar-refractivity contribution < 1.29 is 4.79 Å². The highest BCUT2D eigenvalue weighted by atomic mass is 16.1. The fraction of sp³-hybridized carbons (Fsp3) is 0.900. The van der Waals surface area contributed by atoms with Crippen molar-refractivity contribution in [3.05, 3.63) is 0 Å². The predicted octanol–water partition coefficient (Wildman–Crippen LogP) is 2.34. The molecule has 0 bridgehead atoms. The molecule has 1 aliphatic heterocycles. The Labute approximate surface area is 76.2 Å². The van der Waals surface area contributed by atoms with Gasteiger partial charge >= 0.3 is 0 Å².